The molecule has 0 bridgehead atoms. The maximum Gasteiger partial charge on any atom is 0.368 e. The van der Waals surface area contributed by atoms with Crippen LogP contribution in [-0.4, -0.2) is 47.5 Å². The highest BCUT2D eigenvalue weighted by atomic mass is 16.5. The Labute approximate surface area is 146 Å². The van der Waals surface area contributed by atoms with Gasteiger partial charge in [-0.05, 0) is 30.7 Å². The Hall–Kier alpha value is -2.41. The number of hydrogen-bond acceptors (Lipinski definition) is 5. The van der Waals surface area contributed by atoms with Crippen molar-refractivity contribution in [2.75, 3.05) is 14.2 Å². The first-order valence-corrected chi connectivity index (χ1v) is 8.42. The van der Waals surface area contributed by atoms with Gasteiger partial charge in [-0.1, -0.05) is 6.92 Å². The first kappa shape index (κ1) is 17.4. The number of esters is 1. The van der Waals surface area contributed by atoms with Crippen LogP contribution in [0.4, 0.5) is 0 Å². The van der Waals surface area contributed by atoms with Gasteiger partial charge in [0.1, 0.15) is 23.6 Å². The number of aromatic hydroxyl groups is 1. The highest BCUT2D eigenvalue weighted by Gasteiger charge is 2.71. The Balaban J connectivity index is 2.13. The number of likely N-dealkylation sites (tertiary alicyclic amines) is 1. The summed E-state index contributed by atoms with van der Waals surface area (Å²) < 4.78 is 5.03. The predicted molar refractivity (Wildman–Crippen MR) is 87.2 cm³/mol. The molecule has 3 N–H and O–H groups in total. The van der Waals surface area contributed by atoms with Gasteiger partial charge >= 0.3 is 5.97 Å². The second-order valence-corrected chi connectivity index (χ2v) is 6.80. The Bertz CT molecular complexity index is 717. The number of carbonyl (C=O) groups is 3. The smallest absolute Gasteiger partial charge is 0.368 e. The summed E-state index contributed by atoms with van der Waals surface area (Å²) in [5.74, 6) is -2.31. The first-order valence-electron chi connectivity index (χ1n) is 8.42. The molecule has 3 rings (SSSR count). The average molecular weight is 347 g/mol. The molecule has 1 aromatic rings. The number of methoxy groups -OCH3 is 1. The third-order valence-corrected chi connectivity index (χ3v) is 5.50. The summed E-state index contributed by atoms with van der Waals surface area (Å²) in [6, 6.07) is 6.16. The largest absolute Gasteiger partial charge is 0.508 e. The number of hydrogen-bond donors (Lipinski definition) is 2. The highest BCUT2D eigenvalue weighted by molar-refractivity contribution is 6.08. The van der Waals surface area contributed by atoms with Gasteiger partial charge in [0.15, 0.2) is 0 Å². The van der Waals surface area contributed by atoms with Crippen molar-refractivity contribution in [1.82, 2.24) is 4.90 Å². The number of nitrogens with zero attached hydrogens (tertiary/aromatic N) is 1. The number of phenolic OH excluding ortho intramolecular Hbond substituents is 1. The number of rotatable bonds is 4. The van der Waals surface area contributed by atoms with Crippen LogP contribution in [-0.2, 0) is 19.1 Å². The fourth-order valence-corrected chi connectivity index (χ4v) is 4.41. The lowest BCUT2D eigenvalue weighted by molar-refractivity contribution is -0.735. The van der Waals surface area contributed by atoms with E-state index in [9.17, 15) is 19.5 Å². The number of fused-ring (bicyclic) bond motifs is 1. The molecular formula is C18H23N2O5+. The van der Waals surface area contributed by atoms with Gasteiger partial charge in [-0.3, -0.25) is 14.5 Å². The van der Waals surface area contributed by atoms with Gasteiger partial charge in [0.2, 0.25) is 17.4 Å². The number of amides is 2. The molecule has 2 amide bonds. The molecule has 0 aromatic heterocycles. The molecule has 0 saturated carbocycles. The Kier molecular flexibility index (Phi) is 4.28. The van der Waals surface area contributed by atoms with Gasteiger partial charge in [0, 0.05) is 19.0 Å². The summed E-state index contributed by atoms with van der Waals surface area (Å²) in [5, 5.41) is 11.3. The number of imide groups is 1. The van der Waals surface area contributed by atoms with Crippen molar-refractivity contribution in [2.24, 2.45) is 11.8 Å². The van der Waals surface area contributed by atoms with Crippen LogP contribution in [0.1, 0.15) is 31.4 Å². The molecule has 2 aliphatic rings. The van der Waals surface area contributed by atoms with Gasteiger partial charge in [-0.25, -0.2) is 4.79 Å². The zero-order valence-corrected chi connectivity index (χ0v) is 14.6. The summed E-state index contributed by atoms with van der Waals surface area (Å²) in [5.41, 5.74) is -0.306. The topological polar surface area (TPSA) is 101 Å². The van der Waals surface area contributed by atoms with Crippen LogP contribution in [0.15, 0.2) is 24.3 Å². The molecule has 7 nitrogen and oxygen atoms in total. The van der Waals surface area contributed by atoms with Crippen LogP contribution in [0.5, 0.6) is 5.75 Å². The zero-order valence-electron chi connectivity index (χ0n) is 14.6. The van der Waals surface area contributed by atoms with Crippen molar-refractivity contribution in [2.45, 2.75) is 31.3 Å². The summed E-state index contributed by atoms with van der Waals surface area (Å²) in [7, 11) is 2.77. The van der Waals surface area contributed by atoms with E-state index < -0.39 is 23.3 Å². The number of nitrogens with two attached hydrogens (primary N) is 1. The summed E-state index contributed by atoms with van der Waals surface area (Å²) in [6.07, 6.45) is 1.13. The maximum absolute atomic E-state index is 12.8. The molecule has 1 aromatic carbocycles. The minimum atomic E-state index is -1.10. The number of quaternary nitrogens is 1. The molecule has 2 heterocycles. The van der Waals surface area contributed by atoms with Gasteiger partial charge in [0.05, 0.1) is 7.11 Å². The molecule has 0 aliphatic carbocycles. The number of ether oxygens (including phenoxy) is 1. The predicted octanol–water partition coefficient (Wildman–Crippen LogP) is -0.0468. The molecule has 2 fully saturated rings. The number of phenols is 1. The van der Waals surface area contributed by atoms with Crippen molar-refractivity contribution in [3.63, 3.8) is 0 Å². The molecule has 0 unspecified atom stereocenters. The molecule has 4 atom stereocenters. The number of benzene rings is 1. The summed E-state index contributed by atoms with van der Waals surface area (Å²) >= 11 is 0. The lowest BCUT2D eigenvalue weighted by atomic mass is 9.77. The maximum atomic E-state index is 12.8. The highest BCUT2D eigenvalue weighted by Crippen LogP contribution is 2.45. The number of carbonyl (C=O) groups excluding carboxylic acids is 3. The van der Waals surface area contributed by atoms with Crippen LogP contribution >= 0.6 is 0 Å². The van der Waals surface area contributed by atoms with Crippen molar-refractivity contribution >= 4 is 17.8 Å². The molecular weight excluding hydrogens is 324 g/mol. The van der Waals surface area contributed by atoms with Gasteiger partial charge in [-0.15, -0.1) is 0 Å². The van der Waals surface area contributed by atoms with Crippen LogP contribution in [0.25, 0.3) is 0 Å². The van der Waals surface area contributed by atoms with Crippen molar-refractivity contribution in [3.05, 3.63) is 29.8 Å². The summed E-state index contributed by atoms with van der Waals surface area (Å²) in [4.78, 5) is 39.3. The van der Waals surface area contributed by atoms with E-state index in [-0.39, 0.29) is 23.6 Å². The molecule has 2 aliphatic heterocycles. The minimum absolute atomic E-state index is 0.122. The Morgan fingerprint density at radius 1 is 1.28 bits per heavy atom. The van der Waals surface area contributed by atoms with E-state index in [1.54, 1.807) is 24.3 Å². The fraction of sp³-hybridized carbons (Fsp3) is 0.500. The lowest BCUT2D eigenvalue weighted by Crippen LogP contribution is -2.98. The molecule has 0 radical (unpaired) electrons. The first-order chi connectivity index (χ1) is 11.9. The fourth-order valence-electron chi connectivity index (χ4n) is 4.41. The second-order valence-electron chi connectivity index (χ2n) is 6.80. The van der Waals surface area contributed by atoms with Crippen LogP contribution in [0, 0.1) is 11.8 Å². The van der Waals surface area contributed by atoms with Gasteiger partial charge in [-0.2, -0.15) is 0 Å². The third kappa shape index (κ3) is 2.41. The van der Waals surface area contributed by atoms with E-state index in [1.165, 1.54) is 14.2 Å². The zero-order chi connectivity index (χ0) is 18.4. The molecule has 7 heteroatoms. The molecule has 2 saturated heterocycles. The van der Waals surface area contributed by atoms with E-state index >= 15 is 0 Å². The van der Waals surface area contributed by atoms with E-state index in [1.807, 2.05) is 12.2 Å². The normalized spacial score (nSPS) is 31.3. The van der Waals surface area contributed by atoms with E-state index in [2.05, 4.69) is 0 Å². The lowest BCUT2D eigenvalue weighted by Gasteiger charge is -2.28. The third-order valence-electron chi connectivity index (χ3n) is 5.50. The SMILES string of the molecule is CCC[C@@]1(C(=O)OC)[NH2+][C@@H](c2ccc(O)cc2)[C@H]2C(=O)N(C)C(=O)[C@H]21. The van der Waals surface area contributed by atoms with Gasteiger partial charge < -0.3 is 15.2 Å². The monoisotopic (exact) mass is 347 g/mol. The van der Waals surface area contributed by atoms with Crippen LogP contribution in [0.2, 0.25) is 0 Å². The summed E-state index contributed by atoms with van der Waals surface area (Å²) in [6.45, 7) is 1.94. The Morgan fingerprint density at radius 2 is 1.92 bits per heavy atom. The van der Waals surface area contributed by atoms with Crippen molar-refractivity contribution in [1.29, 1.82) is 0 Å². The molecule has 25 heavy (non-hydrogen) atoms. The van der Waals surface area contributed by atoms with Gasteiger partial charge in [0.25, 0.3) is 0 Å². The van der Waals surface area contributed by atoms with Crippen molar-refractivity contribution < 1.29 is 29.5 Å². The average Bonchev–Trinajstić information content (AvgIpc) is 3.06. The van der Waals surface area contributed by atoms with E-state index in [0.29, 0.717) is 12.8 Å². The van der Waals surface area contributed by atoms with Crippen LogP contribution in [0.3, 0.4) is 0 Å². The Morgan fingerprint density at radius 3 is 2.48 bits per heavy atom. The minimum Gasteiger partial charge on any atom is -0.508 e. The van der Waals surface area contributed by atoms with Crippen molar-refractivity contribution in [3.8, 4) is 5.75 Å². The standard InChI is InChI=1S/C18H22N2O5/c1-4-9-18(17(24)25-3)13-12(15(22)20(2)16(13)23)14(19-18)10-5-7-11(21)8-6-10/h5-8,12-14,19,21H,4,9H2,1-3H3/p+1/t12-,13-,14-,18+/m0/s1. The molecule has 0 spiro atoms. The quantitative estimate of drug-likeness (QED) is 0.588. The van der Waals surface area contributed by atoms with E-state index in [4.69, 9.17) is 4.74 Å². The molecule has 134 valence electrons. The van der Waals surface area contributed by atoms with Crippen LogP contribution < -0.4 is 5.32 Å². The second kappa shape index (κ2) is 6.15. The van der Waals surface area contributed by atoms with E-state index in [0.717, 1.165) is 10.5 Å².